The third-order valence-corrected chi connectivity index (χ3v) is 6.52. The number of carbonyl (C=O) groups excluding carboxylic acids is 1. The molecule has 1 fully saturated rings. The summed E-state index contributed by atoms with van der Waals surface area (Å²) in [6.45, 7) is 2.58. The smallest absolute Gasteiger partial charge is 0.256 e. The lowest BCUT2D eigenvalue weighted by Gasteiger charge is -2.34. The van der Waals surface area contributed by atoms with Crippen molar-refractivity contribution in [2.75, 3.05) is 56.8 Å². The topological polar surface area (TPSA) is 135 Å². The third-order valence-electron chi connectivity index (χ3n) is 6.52. The van der Waals surface area contributed by atoms with Gasteiger partial charge in [-0.25, -0.2) is 15.0 Å². The zero-order chi connectivity index (χ0) is 26.1. The number of carbonyl (C=O) groups is 1. The molecule has 3 aromatic heterocycles. The minimum absolute atomic E-state index is 0.0295. The number of nitrogens with zero attached hydrogens (tertiary/aromatic N) is 5. The Bertz CT molecular complexity index is 1490. The number of imidazole rings is 1. The molecule has 0 aliphatic carbocycles. The molecular weight excluding hydrogens is 490 g/mol. The molecule has 1 unspecified atom stereocenters. The molecule has 1 atom stereocenters. The molecule has 2 aliphatic rings. The molecule has 0 radical (unpaired) electrons. The minimum atomic E-state index is -0.230. The van der Waals surface area contributed by atoms with Crippen LogP contribution in [0.1, 0.15) is 10.4 Å². The Morgan fingerprint density at radius 1 is 1.26 bits per heavy atom. The van der Waals surface area contributed by atoms with Crippen LogP contribution in [0.25, 0.3) is 16.9 Å². The Morgan fingerprint density at radius 3 is 3.05 bits per heavy atom. The second-order valence-corrected chi connectivity index (χ2v) is 8.95. The predicted octanol–water partition coefficient (Wildman–Crippen LogP) is 1.86. The van der Waals surface area contributed by atoms with E-state index in [1.54, 1.807) is 25.6 Å². The maximum Gasteiger partial charge on any atom is 0.256 e. The quantitative estimate of drug-likeness (QED) is 0.348. The second kappa shape index (κ2) is 10.1. The van der Waals surface area contributed by atoms with Gasteiger partial charge in [0.2, 0.25) is 5.88 Å². The maximum absolute atomic E-state index is 12.5. The summed E-state index contributed by atoms with van der Waals surface area (Å²) in [7, 11) is 1.63. The third kappa shape index (κ3) is 4.55. The number of methoxy groups -OCH3 is 1. The average molecular weight is 518 g/mol. The number of fused-ring (bicyclic) bond motifs is 2. The number of pyridine rings is 1. The number of benzene rings is 1. The molecule has 2 aliphatic heterocycles. The van der Waals surface area contributed by atoms with E-state index in [9.17, 15) is 9.90 Å². The van der Waals surface area contributed by atoms with Crippen LogP contribution in [0.5, 0.6) is 11.6 Å². The van der Waals surface area contributed by atoms with E-state index in [4.69, 9.17) is 19.2 Å². The van der Waals surface area contributed by atoms with Gasteiger partial charge in [0.25, 0.3) is 5.91 Å². The van der Waals surface area contributed by atoms with Crippen LogP contribution in [0.15, 0.2) is 49.1 Å². The average Bonchev–Trinajstić information content (AvgIpc) is 3.36. The van der Waals surface area contributed by atoms with E-state index in [2.05, 4.69) is 25.5 Å². The highest BCUT2D eigenvalue weighted by Gasteiger charge is 2.23. The van der Waals surface area contributed by atoms with E-state index in [-0.39, 0.29) is 18.6 Å². The second-order valence-electron chi connectivity index (χ2n) is 8.95. The Balaban J connectivity index is 1.33. The molecule has 4 aromatic rings. The Labute approximate surface area is 218 Å². The number of hydrogen-bond donors (Lipinski definition) is 3. The summed E-state index contributed by atoms with van der Waals surface area (Å²) in [5, 5.41) is 15.7. The van der Waals surface area contributed by atoms with Crippen molar-refractivity contribution in [3.63, 3.8) is 0 Å². The highest BCUT2D eigenvalue weighted by molar-refractivity contribution is 5.97. The SMILES string of the molecule is COc1cc(Nc2nc(-c3cnc4c(c3)C(=O)NCCO4)cn3ccnc23)ccc1N1CCOC(CO)C1. The number of aromatic nitrogens is 4. The molecule has 3 N–H and O–H groups in total. The summed E-state index contributed by atoms with van der Waals surface area (Å²) in [4.78, 5) is 28.3. The van der Waals surface area contributed by atoms with Crippen LogP contribution in [0.2, 0.25) is 0 Å². The fraction of sp³-hybridized carbons (Fsp3) is 0.308. The largest absolute Gasteiger partial charge is 0.495 e. The molecule has 0 bridgehead atoms. The van der Waals surface area contributed by atoms with E-state index < -0.39 is 0 Å². The molecule has 0 saturated carbocycles. The van der Waals surface area contributed by atoms with Gasteiger partial charge in [0.1, 0.15) is 17.9 Å². The van der Waals surface area contributed by atoms with Crippen molar-refractivity contribution < 1.29 is 24.1 Å². The van der Waals surface area contributed by atoms with Gasteiger partial charge in [-0.2, -0.15) is 0 Å². The summed E-state index contributed by atoms with van der Waals surface area (Å²) in [6.07, 6.45) is 6.78. The van der Waals surface area contributed by atoms with Crippen molar-refractivity contribution in [3.8, 4) is 22.9 Å². The molecule has 12 heteroatoms. The maximum atomic E-state index is 12.5. The summed E-state index contributed by atoms with van der Waals surface area (Å²) >= 11 is 0. The van der Waals surface area contributed by atoms with E-state index in [0.29, 0.717) is 72.8 Å². The van der Waals surface area contributed by atoms with Crippen LogP contribution >= 0.6 is 0 Å². The molecule has 6 rings (SSSR count). The Kier molecular flexibility index (Phi) is 6.40. The first-order chi connectivity index (χ1) is 18.6. The Hall–Kier alpha value is -4.42. The molecule has 38 heavy (non-hydrogen) atoms. The van der Waals surface area contributed by atoms with Crippen LogP contribution in [-0.4, -0.2) is 83.0 Å². The van der Waals surface area contributed by atoms with E-state index in [1.807, 2.05) is 35.0 Å². The van der Waals surface area contributed by atoms with Gasteiger partial charge in [0.15, 0.2) is 11.5 Å². The highest BCUT2D eigenvalue weighted by Crippen LogP contribution is 2.34. The zero-order valence-corrected chi connectivity index (χ0v) is 20.8. The van der Waals surface area contributed by atoms with Gasteiger partial charge >= 0.3 is 0 Å². The highest BCUT2D eigenvalue weighted by atomic mass is 16.5. The summed E-state index contributed by atoms with van der Waals surface area (Å²) < 4.78 is 18.7. The van der Waals surface area contributed by atoms with Crippen molar-refractivity contribution in [2.24, 2.45) is 0 Å². The van der Waals surface area contributed by atoms with Gasteiger partial charge < -0.3 is 39.3 Å². The fourth-order valence-corrected chi connectivity index (χ4v) is 4.63. The monoisotopic (exact) mass is 517 g/mol. The minimum Gasteiger partial charge on any atom is -0.495 e. The number of anilines is 3. The van der Waals surface area contributed by atoms with Gasteiger partial charge in [-0.15, -0.1) is 0 Å². The predicted molar refractivity (Wildman–Crippen MR) is 139 cm³/mol. The van der Waals surface area contributed by atoms with E-state index >= 15 is 0 Å². The van der Waals surface area contributed by atoms with E-state index in [1.165, 1.54) is 0 Å². The van der Waals surface area contributed by atoms with Gasteiger partial charge in [0, 0.05) is 55.2 Å². The summed E-state index contributed by atoms with van der Waals surface area (Å²) in [5.74, 6) is 1.30. The molecule has 1 aromatic carbocycles. The number of nitrogens with one attached hydrogen (secondary N) is 2. The molecule has 196 valence electrons. The molecule has 1 saturated heterocycles. The standard InChI is InChI=1S/C26H27N7O5/c1-36-22-11-17(2-3-21(22)32-7-9-37-18(13-32)15-34)30-23-24-27-4-6-33(24)14-20(31-23)16-10-19-25(35)28-5-8-38-26(19)29-12-16/h2-4,6,10-12,14,18,34H,5,7-9,13,15H2,1H3,(H,28,35)(H,30,31). The number of ether oxygens (including phenoxy) is 3. The van der Waals surface area contributed by atoms with Crippen molar-refractivity contribution in [3.05, 3.63) is 54.6 Å². The molecule has 1 amide bonds. The zero-order valence-electron chi connectivity index (χ0n) is 20.8. The Morgan fingerprint density at radius 2 is 2.18 bits per heavy atom. The summed E-state index contributed by atoms with van der Waals surface area (Å²) in [6, 6.07) is 7.55. The van der Waals surface area contributed by atoms with Gasteiger partial charge in [-0.3, -0.25) is 4.79 Å². The molecule has 12 nitrogen and oxygen atoms in total. The lowest BCUT2D eigenvalue weighted by atomic mass is 10.1. The van der Waals surface area contributed by atoms with Crippen LogP contribution < -0.4 is 25.0 Å². The van der Waals surface area contributed by atoms with Crippen LogP contribution in [0.4, 0.5) is 17.2 Å². The number of rotatable bonds is 6. The van der Waals surface area contributed by atoms with Gasteiger partial charge in [0.05, 0.1) is 44.4 Å². The van der Waals surface area contributed by atoms with Gasteiger partial charge in [-0.1, -0.05) is 0 Å². The first-order valence-electron chi connectivity index (χ1n) is 12.3. The van der Waals surface area contributed by atoms with Crippen LogP contribution in [0, 0.1) is 0 Å². The fourth-order valence-electron chi connectivity index (χ4n) is 4.63. The van der Waals surface area contributed by atoms with Crippen molar-refractivity contribution in [1.29, 1.82) is 0 Å². The first kappa shape index (κ1) is 23.9. The normalized spacial score (nSPS) is 17.4. The van der Waals surface area contributed by atoms with Crippen molar-refractivity contribution >= 4 is 28.7 Å². The first-order valence-corrected chi connectivity index (χ1v) is 12.3. The number of amides is 1. The van der Waals surface area contributed by atoms with Crippen LogP contribution in [-0.2, 0) is 4.74 Å². The molecule has 0 spiro atoms. The number of morpholine rings is 1. The van der Waals surface area contributed by atoms with Crippen molar-refractivity contribution in [2.45, 2.75) is 6.10 Å². The van der Waals surface area contributed by atoms with Gasteiger partial charge in [-0.05, 0) is 18.2 Å². The number of aliphatic hydroxyl groups excluding tert-OH is 1. The lowest BCUT2D eigenvalue weighted by Crippen LogP contribution is -2.44. The van der Waals surface area contributed by atoms with Crippen LogP contribution in [0.3, 0.4) is 0 Å². The number of aliphatic hydroxyl groups is 1. The molecular formula is C26H27N7O5. The van der Waals surface area contributed by atoms with E-state index in [0.717, 1.165) is 11.4 Å². The molecule has 5 heterocycles. The number of hydrogen-bond acceptors (Lipinski definition) is 10. The lowest BCUT2D eigenvalue weighted by molar-refractivity contribution is 0.00347. The summed E-state index contributed by atoms with van der Waals surface area (Å²) in [5.41, 5.74) is 3.97. The van der Waals surface area contributed by atoms with Crippen molar-refractivity contribution in [1.82, 2.24) is 24.7 Å².